The Labute approximate surface area is 276 Å². The number of rotatable bonds is 7. The maximum absolute atomic E-state index is 9.75. The Morgan fingerprint density at radius 1 is 0.583 bits per heavy atom. The highest BCUT2D eigenvalue weighted by atomic mass is 19.5. The zero-order valence-electron chi connectivity index (χ0n) is 26.0. The van der Waals surface area contributed by atoms with E-state index in [4.69, 9.17) is 0 Å². The van der Waals surface area contributed by atoms with E-state index in [0.717, 1.165) is 13.1 Å². The number of hydrogen-bond acceptors (Lipinski definition) is 0. The molecule has 0 aliphatic carbocycles. The first-order valence-corrected chi connectivity index (χ1v) is 15.8. The molecule has 0 unspecified atom stereocenters. The average molecular weight is 639 g/mol. The van der Waals surface area contributed by atoms with Crippen LogP contribution in [0, 0.1) is 0 Å². The van der Waals surface area contributed by atoms with Gasteiger partial charge >= 0.3 is 7.25 Å². The molecule has 48 heavy (non-hydrogen) atoms. The minimum Gasteiger partial charge on any atom is -0.418 e. The Morgan fingerprint density at radius 3 is 1.90 bits per heavy atom. The first kappa shape index (κ1) is 30.9. The van der Waals surface area contributed by atoms with Crippen LogP contribution in [0.2, 0.25) is 0 Å². The maximum atomic E-state index is 9.75. The predicted molar refractivity (Wildman–Crippen MR) is 191 cm³/mol. The van der Waals surface area contributed by atoms with Gasteiger partial charge in [0.15, 0.2) is 6.54 Å². The van der Waals surface area contributed by atoms with Gasteiger partial charge in [0.2, 0.25) is 11.4 Å². The summed E-state index contributed by atoms with van der Waals surface area (Å²) in [5, 5.41) is 7.76. The van der Waals surface area contributed by atoms with Crippen LogP contribution < -0.4 is 5.35 Å². The van der Waals surface area contributed by atoms with Crippen molar-refractivity contribution in [2.45, 2.75) is 13.1 Å². The van der Waals surface area contributed by atoms with Crippen LogP contribution >= 0.6 is 0 Å². The molecule has 0 saturated heterocycles. The van der Waals surface area contributed by atoms with E-state index in [2.05, 4.69) is 173 Å². The number of nitrogens with zero attached hydrogens (tertiary/aromatic N) is 2. The number of aromatic nitrogens is 1. The molecule has 0 N–H and O–H groups in total. The molecule has 2 nitrogen and oxygen atoms in total. The molecule has 1 aliphatic heterocycles. The third-order valence-electron chi connectivity index (χ3n) is 8.58. The highest BCUT2D eigenvalue weighted by Gasteiger charge is 2.30. The second kappa shape index (κ2) is 13.2. The Kier molecular flexibility index (Phi) is 8.51. The lowest BCUT2D eigenvalue weighted by Gasteiger charge is -2.07. The summed E-state index contributed by atoms with van der Waals surface area (Å²) in [6.45, 7) is 1.66. The fourth-order valence-corrected chi connectivity index (χ4v) is 6.66. The van der Waals surface area contributed by atoms with Crippen LogP contribution in [0.5, 0.6) is 0 Å². The van der Waals surface area contributed by atoms with E-state index in [1.807, 2.05) is 0 Å². The Morgan fingerprint density at radius 2 is 1.19 bits per heavy atom. The van der Waals surface area contributed by atoms with Gasteiger partial charge in [-0.15, -0.1) is 0 Å². The quantitative estimate of drug-likeness (QED) is 0.0711. The number of allylic oxidation sites excluding steroid dienone is 4. The van der Waals surface area contributed by atoms with Crippen molar-refractivity contribution < 1.29 is 21.8 Å². The van der Waals surface area contributed by atoms with Crippen LogP contribution in [0.4, 0.5) is 23.0 Å². The lowest BCUT2D eigenvalue weighted by atomic mass is 10.0. The van der Waals surface area contributed by atoms with Crippen molar-refractivity contribution in [2.24, 2.45) is 0 Å². The van der Waals surface area contributed by atoms with Crippen molar-refractivity contribution in [3.8, 4) is 0 Å². The largest absolute Gasteiger partial charge is 0.673 e. The third-order valence-corrected chi connectivity index (χ3v) is 8.58. The lowest BCUT2D eigenvalue weighted by Crippen LogP contribution is -2.16. The SMILES string of the molecule is C(=C\C=c1/c2cccc3cccc(c32)n1Cc1ccccc1)/C=C/C1=[N+](Cc2ccccc2)c2cccc3cccc1c23.F[B-](F)(F)F. The summed E-state index contributed by atoms with van der Waals surface area (Å²) in [6.07, 6.45) is 11.0. The van der Waals surface area contributed by atoms with Gasteiger partial charge in [0.05, 0.1) is 16.5 Å². The smallest absolute Gasteiger partial charge is 0.418 e. The third kappa shape index (κ3) is 6.45. The molecule has 0 radical (unpaired) electrons. The second-order valence-electron chi connectivity index (χ2n) is 11.7. The summed E-state index contributed by atoms with van der Waals surface area (Å²) in [4.78, 5) is 0. The van der Waals surface area contributed by atoms with Crippen LogP contribution in [0.1, 0.15) is 16.7 Å². The molecule has 7 heteroatoms. The molecule has 1 aliphatic rings. The van der Waals surface area contributed by atoms with Crippen LogP contribution in [0.3, 0.4) is 0 Å². The van der Waals surface area contributed by atoms with Gasteiger partial charge in [-0.2, -0.15) is 4.58 Å². The predicted octanol–water partition coefficient (Wildman–Crippen LogP) is 10.3. The fraction of sp³-hybridized carbons (Fsp3) is 0.0488. The first-order chi connectivity index (χ1) is 23.3. The van der Waals surface area contributed by atoms with Crippen LogP contribution in [0.25, 0.3) is 38.5 Å². The first-order valence-electron chi connectivity index (χ1n) is 15.8. The van der Waals surface area contributed by atoms with E-state index in [9.17, 15) is 17.3 Å². The molecule has 1 aromatic heterocycles. The summed E-state index contributed by atoms with van der Waals surface area (Å²) in [7, 11) is -6.00. The van der Waals surface area contributed by atoms with E-state index < -0.39 is 7.25 Å². The minimum atomic E-state index is -6.00. The van der Waals surface area contributed by atoms with Gasteiger partial charge in [0.1, 0.15) is 0 Å². The van der Waals surface area contributed by atoms with Gasteiger partial charge in [0.25, 0.3) is 0 Å². The number of hydrogen-bond donors (Lipinski definition) is 0. The average Bonchev–Trinajstić information content (AvgIpc) is 3.55. The van der Waals surface area contributed by atoms with Crippen LogP contribution in [-0.4, -0.2) is 22.1 Å². The lowest BCUT2D eigenvalue weighted by molar-refractivity contribution is -0.452. The Balaban J connectivity index is 0.000000681. The second-order valence-corrected chi connectivity index (χ2v) is 11.7. The Hall–Kier alpha value is -5.69. The van der Waals surface area contributed by atoms with Gasteiger partial charge in [-0.05, 0) is 34.5 Å². The van der Waals surface area contributed by atoms with Crippen molar-refractivity contribution in [2.75, 3.05) is 0 Å². The molecule has 7 aromatic rings. The van der Waals surface area contributed by atoms with Crippen molar-refractivity contribution in [1.82, 2.24) is 4.57 Å². The molecule has 0 amide bonds. The van der Waals surface area contributed by atoms with E-state index >= 15 is 0 Å². The summed E-state index contributed by atoms with van der Waals surface area (Å²) < 4.78 is 43.9. The molecule has 0 bridgehead atoms. The molecule has 0 spiro atoms. The summed E-state index contributed by atoms with van der Waals surface area (Å²) in [6, 6.07) is 48.0. The van der Waals surface area contributed by atoms with Gasteiger partial charge in [-0.25, -0.2) is 0 Å². The highest BCUT2D eigenvalue weighted by molar-refractivity contribution is 6.50. The van der Waals surface area contributed by atoms with Gasteiger partial charge < -0.3 is 21.8 Å². The van der Waals surface area contributed by atoms with Gasteiger partial charge in [-0.1, -0.05) is 133 Å². The van der Waals surface area contributed by atoms with E-state index in [1.54, 1.807) is 0 Å². The van der Waals surface area contributed by atoms with Gasteiger partial charge in [-0.3, -0.25) is 0 Å². The maximum Gasteiger partial charge on any atom is 0.673 e. The molecule has 0 atom stereocenters. The van der Waals surface area contributed by atoms with E-state index in [-0.39, 0.29) is 0 Å². The monoisotopic (exact) mass is 638 g/mol. The van der Waals surface area contributed by atoms with Crippen molar-refractivity contribution in [3.05, 3.63) is 180 Å². The highest BCUT2D eigenvalue weighted by Crippen LogP contribution is 2.36. The van der Waals surface area contributed by atoms with Crippen LogP contribution in [-0.2, 0) is 13.1 Å². The molecule has 8 rings (SSSR count). The fourth-order valence-electron chi connectivity index (χ4n) is 6.66. The van der Waals surface area contributed by atoms with Gasteiger partial charge in [0, 0.05) is 40.4 Å². The number of benzene rings is 6. The molecule has 6 aromatic carbocycles. The summed E-state index contributed by atoms with van der Waals surface area (Å²) in [5.41, 5.74) is 7.67. The van der Waals surface area contributed by atoms with Crippen LogP contribution in [0.15, 0.2) is 158 Å². The topological polar surface area (TPSA) is 7.94 Å². The zero-order chi connectivity index (χ0) is 33.1. The molecule has 236 valence electrons. The molecular formula is C41H31BF4N2. The zero-order valence-corrected chi connectivity index (χ0v) is 26.0. The minimum absolute atomic E-state index is 0.832. The summed E-state index contributed by atoms with van der Waals surface area (Å²) in [5.74, 6) is 0. The number of halogens is 4. The van der Waals surface area contributed by atoms with E-state index in [1.165, 1.54) is 65.9 Å². The van der Waals surface area contributed by atoms with E-state index in [0.29, 0.717) is 0 Å². The molecular weight excluding hydrogens is 607 g/mol. The molecule has 2 heterocycles. The standard InChI is InChI=1S/C41H31N2.BF4/c1-4-14-30(15-5-1)28-42-36(34-22-10-18-32-20-12-26-38(42)40(32)34)24-8-3-9-25-37-35-23-11-19-33-21-13-27-39(41(33)35)43(37)29-31-16-6-2-7-17-31;2-1(3,4)5/h1-27H,28-29H2;/q+1;-1. The summed E-state index contributed by atoms with van der Waals surface area (Å²) >= 11 is 0. The van der Waals surface area contributed by atoms with Crippen molar-refractivity contribution in [3.63, 3.8) is 0 Å². The van der Waals surface area contributed by atoms with Crippen molar-refractivity contribution >= 4 is 57.2 Å². The molecule has 0 saturated carbocycles. The molecule has 0 fully saturated rings. The Bertz CT molecular complexity index is 2370. The normalized spacial score (nSPS) is 13.5. The van der Waals surface area contributed by atoms with Crippen molar-refractivity contribution in [1.29, 1.82) is 0 Å².